The third-order valence-corrected chi connectivity index (χ3v) is 3.62. The lowest BCUT2D eigenvalue weighted by Crippen LogP contribution is -2.11. The van der Waals surface area contributed by atoms with Crippen LogP contribution in [0.15, 0.2) is 36.7 Å². The van der Waals surface area contributed by atoms with Gasteiger partial charge in [-0.2, -0.15) is 0 Å². The highest BCUT2D eigenvalue weighted by molar-refractivity contribution is 6.30. The maximum absolute atomic E-state index is 13.7. The Labute approximate surface area is 134 Å². The van der Waals surface area contributed by atoms with Crippen LogP contribution in [0.1, 0.15) is 16.1 Å². The quantitative estimate of drug-likeness (QED) is 0.714. The van der Waals surface area contributed by atoms with Gasteiger partial charge in [-0.3, -0.25) is 4.40 Å². The van der Waals surface area contributed by atoms with Crippen LogP contribution in [0.5, 0.6) is 0 Å². The molecule has 118 valence electrons. The van der Waals surface area contributed by atoms with Crippen molar-refractivity contribution < 1.29 is 18.7 Å². The fraction of sp³-hybridized carbons (Fsp3) is 0.0667. The molecule has 0 fully saturated rings. The van der Waals surface area contributed by atoms with Gasteiger partial charge in [0.2, 0.25) is 0 Å². The molecule has 3 aromatic rings. The minimum atomic E-state index is -1.16. The van der Waals surface area contributed by atoms with Gasteiger partial charge in [0.1, 0.15) is 17.3 Å². The second-order valence-corrected chi connectivity index (χ2v) is 5.17. The lowest BCUT2D eigenvalue weighted by Gasteiger charge is -2.12. The van der Waals surface area contributed by atoms with Crippen molar-refractivity contribution in [3.05, 3.63) is 64.6 Å². The number of imidazole rings is 1. The molecule has 3 rings (SSSR count). The van der Waals surface area contributed by atoms with Gasteiger partial charge in [-0.15, -0.1) is 0 Å². The number of aromatic nitrogens is 2. The fourth-order valence-electron chi connectivity index (χ4n) is 2.24. The number of aromatic carboxylic acids is 1. The van der Waals surface area contributed by atoms with E-state index in [1.807, 2.05) is 0 Å². The van der Waals surface area contributed by atoms with Crippen molar-refractivity contribution in [1.82, 2.24) is 9.38 Å². The number of hydrogen-bond donors (Lipinski definition) is 2. The van der Waals surface area contributed by atoms with Gasteiger partial charge < -0.3 is 10.4 Å². The Morgan fingerprint density at radius 3 is 2.83 bits per heavy atom. The Bertz CT molecular complexity index is 911. The van der Waals surface area contributed by atoms with E-state index < -0.39 is 17.6 Å². The standard InChI is InChI=1S/C15H10ClF2N3O2/c16-9-5-8(10(17)6-11(9)18)7-20-12-1-2-13-19-3-4-21(13)14(12)15(22)23/h1-6,20H,7H2,(H,22,23). The summed E-state index contributed by atoms with van der Waals surface area (Å²) in [6.45, 7) is -0.0493. The van der Waals surface area contributed by atoms with E-state index in [1.54, 1.807) is 6.07 Å². The maximum atomic E-state index is 13.7. The topological polar surface area (TPSA) is 66.6 Å². The Morgan fingerprint density at radius 1 is 1.30 bits per heavy atom. The van der Waals surface area contributed by atoms with Crippen molar-refractivity contribution in [1.29, 1.82) is 0 Å². The van der Waals surface area contributed by atoms with Gasteiger partial charge in [0.25, 0.3) is 0 Å². The van der Waals surface area contributed by atoms with Crippen LogP contribution in [0.4, 0.5) is 14.5 Å². The van der Waals surface area contributed by atoms with E-state index >= 15 is 0 Å². The molecule has 23 heavy (non-hydrogen) atoms. The molecule has 0 amide bonds. The second kappa shape index (κ2) is 5.85. The molecule has 5 nitrogen and oxygen atoms in total. The Hall–Kier alpha value is -2.67. The fourth-order valence-corrected chi connectivity index (χ4v) is 2.43. The molecule has 2 aromatic heterocycles. The summed E-state index contributed by atoms with van der Waals surface area (Å²) >= 11 is 5.64. The first-order valence-corrected chi connectivity index (χ1v) is 6.92. The van der Waals surface area contributed by atoms with Crippen LogP contribution in [0.3, 0.4) is 0 Å². The molecule has 2 heterocycles. The monoisotopic (exact) mass is 337 g/mol. The van der Waals surface area contributed by atoms with E-state index in [2.05, 4.69) is 10.3 Å². The predicted octanol–water partition coefficient (Wildman–Crippen LogP) is 3.58. The van der Waals surface area contributed by atoms with Gasteiger partial charge in [-0.05, 0) is 18.2 Å². The number of nitrogens with zero attached hydrogens (tertiary/aromatic N) is 2. The first kappa shape index (κ1) is 15.2. The van der Waals surface area contributed by atoms with Gasteiger partial charge in [-0.1, -0.05) is 11.6 Å². The number of nitrogens with one attached hydrogen (secondary N) is 1. The van der Waals surface area contributed by atoms with E-state index in [-0.39, 0.29) is 28.5 Å². The lowest BCUT2D eigenvalue weighted by atomic mass is 10.2. The summed E-state index contributed by atoms with van der Waals surface area (Å²) in [5, 5.41) is 12.0. The molecule has 0 unspecified atom stereocenters. The van der Waals surface area contributed by atoms with Gasteiger partial charge in [0, 0.05) is 30.6 Å². The number of carbonyl (C=O) groups is 1. The third kappa shape index (κ3) is 2.83. The first-order chi connectivity index (χ1) is 11.0. The molecular weight excluding hydrogens is 328 g/mol. The zero-order valence-electron chi connectivity index (χ0n) is 11.6. The molecule has 8 heteroatoms. The number of halogens is 3. The summed E-state index contributed by atoms with van der Waals surface area (Å²) in [6, 6.07) is 5.02. The van der Waals surface area contributed by atoms with E-state index in [4.69, 9.17) is 11.6 Å². The van der Waals surface area contributed by atoms with Crippen molar-refractivity contribution in [2.24, 2.45) is 0 Å². The van der Waals surface area contributed by atoms with Crippen LogP contribution < -0.4 is 5.32 Å². The molecule has 0 bridgehead atoms. The van der Waals surface area contributed by atoms with Gasteiger partial charge in [0.15, 0.2) is 5.69 Å². The van der Waals surface area contributed by atoms with Crippen molar-refractivity contribution in [3.63, 3.8) is 0 Å². The van der Waals surface area contributed by atoms with Crippen molar-refractivity contribution in [3.8, 4) is 0 Å². The molecule has 0 spiro atoms. The zero-order chi connectivity index (χ0) is 16.6. The molecule has 0 radical (unpaired) electrons. The Morgan fingerprint density at radius 2 is 2.09 bits per heavy atom. The number of benzene rings is 1. The molecule has 0 aliphatic rings. The molecule has 0 atom stereocenters. The number of carboxylic acids is 1. The van der Waals surface area contributed by atoms with Crippen LogP contribution in [0.2, 0.25) is 5.02 Å². The zero-order valence-corrected chi connectivity index (χ0v) is 12.3. The average molecular weight is 338 g/mol. The first-order valence-electron chi connectivity index (χ1n) is 6.54. The molecule has 0 aliphatic heterocycles. The van der Waals surface area contributed by atoms with Crippen LogP contribution >= 0.6 is 11.6 Å². The van der Waals surface area contributed by atoms with Gasteiger partial charge >= 0.3 is 5.97 Å². The molecule has 0 saturated heterocycles. The minimum absolute atomic E-state index is 0.0337. The van der Waals surface area contributed by atoms with E-state index in [1.165, 1.54) is 22.9 Å². The van der Waals surface area contributed by atoms with Crippen molar-refractivity contribution in [2.45, 2.75) is 6.54 Å². The maximum Gasteiger partial charge on any atom is 0.355 e. The number of carboxylic acid groups (broad SMARTS) is 1. The third-order valence-electron chi connectivity index (χ3n) is 3.33. The van der Waals surface area contributed by atoms with Crippen LogP contribution in [-0.2, 0) is 6.54 Å². The molecule has 0 aliphatic carbocycles. The summed E-state index contributed by atoms with van der Waals surface area (Å²) in [7, 11) is 0. The van der Waals surface area contributed by atoms with Gasteiger partial charge in [-0.25, -0.2) is 18.6 Å². The van der Waals surface area contributed by atoms with E-state index in [0.29, 0.717) is 11.7 Å². The van der Waals surface area contributed by atoms with E-state index in [0.717, 1.165) is 6.07 Å². The average Bonchev–Trinajstić information content (AvgIpc) is 2.97. The predicted molar refractivity (Wildman–Crippen MR) is 80.8 cm³/mol. The Balaban J connectivity index is 1.95. The number of fused-ring (bicyclic) bond motifs is 1. The van der Waals surface area contributed by atoms with Crippen molar-refractivity contribution >= 4 is 28.9 Å². The molecule has 2 N–H and O–H groups in total. The molecular formula is C15H10ClF2N3O2. The normalized spacial score (nSPS) is 10.9. The lowest BCUT2D eigenvalue weighted by molar-refractivity contribution is 0.0690. The highest BCUT2D eigenvalue weighted by Crippen LogP contribution is 2.22. The van der Waals surface area contributed by atoms with Crippen LogP contribution in [0.25, 0.3) is 5.65 Å². The molecule has 1 aromatic carbocycles. The largest absolute Gasteiger partial charge is 0.476 e. The summed E-state index contributed by atoms with van der Waals surface area (Å²) in [4.78, 5) is 15.5. The van der Waals surface area contributed by atoms with E-state index in [9.17, 15) is 18.7 Å². The number of anilines is 1. The SMILES string of the molecule is O=C(O)c1c(NCc2cc(Cl)c(F)cc2F)ccc2nccn12. The minimum Gasteiger partial charge on any atom is -0.476 e. The molecule has 0 saturated carbocycles. The van der Waals surface area contributed by atoms with Crippen LogP contribution in [0, 0.1) is 11.6 Å². The number of hydrogen-bond acceptors (Lipinski definition) is 3. The van der Waals surface area contributed by atoms with Crippen molar-refractivity contribution in [2.75, 3.05) is 5.32 Å². The number of pyridine rings is 1. The smallest absolute Gasteiger partial charge is 0.355 e. The van der Waals surface area contributed by atoms with Crippen LogP contribution in [-0.4, -0.2) is 20.5 Å². The second-order valence-electron chi connectivity index (χ2n) is 4.77. The number of rotatable bonds is 4. The highest BCUT2D eigenvalue weighted by Gasteiger charge is 2.16. The summed E-state index contributed by atoms with van der Waals surface area (Å²) in [5.41, 5.74) is 0.846. The summed E-state index contributed by atoms with van der Waals surface area (Å²) in [5.74, 6) is -2.77. The summed E-state index contributed by atoms with van der Waals surface area (Å²) in [6.07, 6.45) is 2.99. The van der Waals surface area contributed by atoms with Gasteiger partial charge in [0.05, 0.1) is 10.7 Å². The summed E-state index contributed by atoms with van der Waals surface area (Å²) < 4.78 is 28.3. The Kier molecular flexibility index (Phi) is 3.87. The highest BCUT2D eigenvalue weighted by atomic mass is 35.5.